The summed E-state index contributed by atoms with van der Waals surface area (Å²) in [5.41, 5.74) is 3.23. The van der Waals surface area contributed by atoms with Crippen molar-refractivity contribution in [3.8, 4) is 0 Å². The van der Waals surface area contributed by atoms with E-state index in [1.54, 1.807) is 12.5 Å². The van der Waals surface area contributed by atoms with Crippen LogP contribution in [0.5, 0.6) is 0 Å². The highest BCUT2D eigenvalue weighted by molar-refractivity contribution is 5.91. The second-order valence-corrected chi connectivity index (χ2v) is 8.29. The first-order chi connectivity index (χ1) is 18.2. The molecule has 4 aromatic heterocycles. The highest BCUT2D eigenvalue weighted by atomic mass is 19.1. The maximum Gasteiger partial charge on any atom is 0.273 e. The van der Waals surface area contributed by atoms with Crippen LogP contribution in [0.4, 0.5) is 4.39 Å². The Kier molecular flexibility index (Phi) is 7.51. The molecule has 5 aromatic rings. The second kappa shape index (κ2) is 11.5. The van der Waals surface area contributed by atoms with E-state index in [1.807, 2.05) is 24.3 Å². The van der Waals surface area contributed by atoms with E-state index in [9.17, 15) is 9.18 Å². The van der Waals surface area contributed by atoms with Gasteiger partial charge in [-0.2, -0.15) is 0 Å². The van der Waals surface area contributed by atoms with Gasteiger partial charge in [0, 0.05) is 38.3 Å². The molecular weight excluding hydrogens is 475 g/mol. The second-order valence-electron chi connectivity index (χ2n) is 8.29. The number of carbonyl (C=O) groups excluding carboxylic acids is 1. The molecule has 188 valence electrons. The monoisotopic (exact) mass is 500 g/mol. The van der Waals surface area contributed by atoms with Gasteiger partial charge in [-0.1, -0.05) is 12.1 Å². The molecule has 2 N–H and O–H groups in total. The van der Waals surface area contributed by atoms with E-state index in [2.05, 4.69) is 41.2 Å². The number of rotatable bonds is 11. The van der Waals surface area contributed by atoms with Crippen molar-refractivity contribution >= 4 is 16.9 Å². The van der Waals surface area contributed by atoms with Crippen LogP contribution in [-0.2, 0) is 25.9 Å². The SMILES string of the molecule is O=C(NCc1ncccc1F)c1coc(CCNCCc2nc3ccccc3n2Cc2ccncn2)n1. The predicted molar refractivity (Wildman–Crippen MR) is 133 cm³/mol. The first kappa shape index (κ1) is 24.2. The molecule has 0 atom stereocenters. The molecule has 1 amide bonds. The zero-order valence-corrected chi connectivity index (χ0v) is 20.0. The lowest BCUT2D eigenvalue weighted by atomic mass is 10.3. The largest absolute Gasteiger partial charge is 0.448 e. The maximum absolute atomic E-state index is 13.7. The van der Waals surface area contributed by atoms with Gasteiger partial charge < -0.3 is 19.6 Å². The molecule has 10 nitrogen and oxygen atoms in total. The summed E-state index contributed by atoms with van der Waals surface area (Å²) in [6.07, 6.45) is 7.30. The Morgan fingerprint density at radius 1 is 1.00 bits per heavy atom. The van der Waals surface area contributed by atoms with Crippen molar-refractivity contribution in [1.29, 1.82) is 0 Å². The lowest BCUT2D eigenvalue weighted by Crippen LogP contribution is -2.24. The zero-order chi connectivity index (χ0) is 25.5. The summed E-state index contributed by atoms with van der Waals surface area (Å²) >= 11 is 0. The molecule has 4 heterocycles. The molecule has 0 fully saturated rings. The standard InChI is InChI=1S/C26H25FN8O2/c27-19-4-3-10-30-21(19)14-31-26(36)22-16-37-25(34-22)9-13-28-12-8-24-33-20-5-1-2-6-23(20)35(24)15-18-7-11-29-17-32-18/h1-7,10-11,16-17,28H,8-9,12-15H2,(H,31,36). The average Bonchev–Trinajstić information content (AvgIpc) is 3.54. The molecule has 0 bridgehead atoms. The van der Waals surface area contributed by atoms with Crippen LogP contribution in [0.1, 0.15) is 33.6 Å². The molecule has 0 aliphatic carbocycles. The maximum atomic E-state index is 13.7. The van der Waals surface area contributed by atoms with Crippen molar-refractivity contribution < 1.29 is 13.6 Å². The predicted octanol–water partition coefficient (Wildman–Crippen LogP) is 2.70. The normalized spacial score (nSPS) is 11.2. The molecule has 11 heteroatoms. The Balaban J connectivity index is 1.11. The van der Waals surface area contributed by atoms with Gasteiger partial charge in [0.25, 0.3) is 5.91 Å². The number of oxazole rings is 1. The highest BCUT2D eigenvalue weighted by Crippen LogP contribution is 2.17. The number of hydrogen-bond acceptors (Lipinski definition) is 8. The van der Waals surface area contributed by atoms with E-state index >= 15 is 0 Å². The number of hydrogen-bond donors (Lipinski definition) is 2. The van der Waals surface area contributed by atoms with Crippen LogP contribution in [-0.4, -0.2) is 48.5 Å². The Labute approximate surface area is 212 Å². The average molecular weight is 501 g/mol. The van der Waals surface area contributed by atoms with Crippen molar-refractivity contribution in [2.24, 2.45) is 0 Å². The number of benzene rings is 1. The Morgan fingerprint density at radius 3 is 2.76 bits per heavy atom. The number of halogens is 1. The summed E-state index contributed by atoms with van der Waals surface area (Å²) in [6, 6.07) is 12.7. The number of amides is 1. The Hall–Kier alpha value is -4.51. The molecule has 0 aliphatic heterocycles. The van der Waals surface area contributed by atoms with Crippen LogP contribution >= 0.6 is 0 Å². The quantitative estimate of drug-likeness (QED) is 0.265. The summed E-state index contributed by atoms with van der Waals surface area (Å²) in [4.78, 5) is 33.6. The fourth-order valence-corrected chi connectivity index (χ4v) is 3.92. The third-order valence-electron chi connectivity index (χ3n) is 5.77. The number of fused-ring (bicyclic) bond motifs is 1. The molecular formula is C26H25FN8O2. The van der Waals surface area contributed by atoms with Crippen LogP contribution < -0.4 is 10.6 Å². The van der Waals surface area contributed by atoms with Crippen molar-refractivity contribution in [3.05, 3.63) is 102 Å². The van der Waals surface area contributed by atoms with Crippen LogP contribution in [0.3, 0.4) is 0 Å². The van der Waals surface area contributed by atoms with E-state index in [0.29, 0.717) is 31.9 Å². The number of aromatic nitrogens is 6. The number of nitrogens with one attached hydrogen (secondary N) is 2. The summed E-state index contributed by atoms with van der Waals surface area (Å²) < 4.78 is 21.3. The summed E-state index contributed by atoms with van der Waals surface area (Å²) in [5.74, 6) is 0.485. The molecule has 0 aliphatic rings. The van der Waals surface area contributed by atoms with Gasteiger partial charge in [-0.05, 0) is 30.3 Å². The Morgan fingerprint density at radius 2 is 1.89 bits per heavy atom. The van der Waals surface area contributed by atoms with Gasteiger partial charge in [0.1, 0.15) is 24.2 Å². The number of nitrogens with zero attached hydrogens (tertiary/aromatic N) is 6. The van der Waals surface area contributed by atoms with Gasteiger partial charge in [-0.25, -0.2) is 24.3 Å². The fourth-order valence-electron chi connectivity index (χ4n) is 3.92. The fraction of sp³-hybridized carbons (Fsp3) is 0.231. The number of imidazole rings is 1. The summed E-state index contributed by atoms with van der Waals surface area (Å²) in [7, 11) is 0. The van der Waals surface area contributed by atoms with Crippen LogP contribution in [0.2, 0.25) is 0 Å². The van der Waals surface area contributed by atoms with Gasteiger partial charge in [0.05, 0.1) is 35.5 Å². The molecule has 0 unspecified atom stereocenters. The topological polar surface area (TPSA) is 124 Å². The molecule has 0 saturated carbocycles. The molecule has 1 aromatic carbocycles. The molecule has 0 saturated heterocycles. The minimum Gasteiger partial charge on any atom is -0.448 e. The smallest absolute Gasteiger partial charge is 0.273 e. The van der Waals surface area contributed by atoms with Crippen molar-refractivity contribution in [3.63, 3.8) is 0 Å². The lowest BCUT2D eigenvalue weighted by molar-refractivity contribution is 0.0945. The van der Waals surface area contributed by atoms with Crippen LogP contribution in [0.15, 0.2) is 71.9 Å². The van der Waals surface area contributed by atoms with Crippen molar-refractivity contribution in [2.75, 3.05) is 13.1 Å². The number of pyridine rings is 1. The first-order valence-corrected chi connectivity index (χ1v) is 11.9. The van der Waals surface area contributed by atoms with E-state index in [1.165, 1.54) is 24.6 Å². The third kappa shape index (κ3) is 6.01. The van der Waals surface area contributed by atoms with Gasteiger partial charge >= 0.3 is 0 Å². The lowest BCUT2D eigenvalue weighted by Gasteiger charge is -2.09. The number of para-hydroxylation sites is 2. The van der Waals surface area contributed by atoms with Gasteiger partial charge in [0.15, 0.2) is 11.6 Å². The van der Waals surface area contributed by atoms with Crippen molar-refractivity contribution in [1.82, 2.24) is 40.1 Å². The zero-order valence-electron chi connectivity index (χ0n) is 20.0. The van der Waals surface area contributed by atoms with E-state index in [0.717, 1.165) is 29.0 Å². The summed E-state index contributed by atoms with van der Waals surface area (Å²) in [6.45, 7) is 1.91. The summed E-state index contributed by atoms with van der Waals surface area (Å²) in [5, 5.41) is 5.98. The van der Waals surface area contributed by atoms with Gasteiger partial charge in [-0.3, -0.25) is 9.78 Å². The van der Waals surface area contributed by atoms with Gasteiger partial charge in [-0.15, -0.1) is 0 Å². The van der Waals surface area contributed by atoms with Crippen LogP contribution in [0, 0.1) is 5.82 Å². The van der Waals surface area contributed by atoms with E-state index in [-0.39, 0.29) is 17.9 Å². The molecule has 0 radical (unpaired) electrons. The molecule has 5 rings (SSSR count). The molecule has 0 spiro atoms. The minimum absolute atomic E-state index is 0.0305. The van der Waals surface area contributed by atoms with E-state index in [4.69, 9.17) is 9.40 Å². The third-order valence-corrected chi connectivity index (χ3v) is 5.77. The minimum atomic E-state index is -0.473. The highest BCUT2D eigenvalue weighted by Gasteiger charge is 2.14. The Bertz CT molecular complexity index is 1480. The van der Waals surface area contributed by atoms with Crippen molar-refractivity contribution in [2.45, 2.75) is 25.9 Å². The molecule has 37 heavy (non-hydrogen) atoms. The van der Waals surface area contributed by atoms with E-state index < -0.39 is 11.7 Å². The van der Waals surface area contributed by atoms with Gasteiger partial charge in [0.2, 0.25) is 0 Å². The first-order valence-electron chi connectivity index (χ1n) is 11.9. The van der Waals surface area contributed by atoms with Crippen LogP contribution in [0.25, 0.3) is 11.0 Å². The number of carbonyl (C=O) groups is 1.